The second kappa shape index (κ2) is 4.89. The fourth-order valence-electron chi connectivity index (χ4n) is 1.83. The number of benzene rings is 1. The lowest BCUT2D eigenvalue weighted by molar-refractivity contribution is 0.398. The van der Waals surface area contributed by atoms with Gasteiger partial charge in [0.25, 0.3) is 0 Å². The van der Waals surface area contributed by atoms with Crippen molar-refractivity contribution in [2.24, 2.45) is 10.2 Å². The third-order valence-corrected chi connectivity index (χ3v) is 2.78. The quantitative estimate of drug-likeness (QED) is 0.835. The van der Waals surface area contributed by atoms with Gasteiger partial charge < -0.3 is 4.74 Å². The minimum absolute atomic E-state index is 0.567. The third kappa shape index (κ3) is 2.18. The zero-order valence-electron chi connectivity index (χ0n) is 10.3. The molecule has 2 heterocycles. The highest BCUT2D eigenvalue weighted by Crippen LogP contribution is 2.14. The van der Waals surface area contributed by atoms with Crippen molar-refractivity contribution in [2.75, 3.05) is 7.11 Å². The van der Waals surface area contributed by atoms with Gasteiger partial charge in [0.1, 0.15) is 11.4 Å². The molecule has 93 valence electrons. The Kier molecular flexibility index (Phi) is 2.94. The Hall–Kier alpha value is -2.69. The Morgan fingerprint density at radius 3 is 2.21 bits per heavy atom. The van der Waals surface area contributed by atoms with Crippen LogP contribution in [-0.2, 0) is 0 Å². The van der Waals surface area contributed by atoms with Crippen molar-refractivity contribution in [3.63, 3.8) is 0 Å². The molecule has 0 amide bonds. The summed E-state index contributed by atoms with van der Waals surface area (Å²) in [5, 5.41) is 8.16. The summed E-state index contributed by atoms with van der Waals surface area (Å²) in [6.45, 7) is 0. The van der Waals surface area contributed by atoms with Gasteiger partial charge in [-0.1, -0.05) is 30.3 Å². The molecule has 0 aliphatic carbocycles. The smallest absolute Gasteiger partial charge is 0.212 e. The first-order chi connectivity index (χ1) is 9.38. The van der Waals surface area contributed by atoms with Gasteiger partial charge >= 0.3 is 0 Å². The molecule has 0 atom stereocenters. The highest BCUT2D eigenvalue weighted by molar-refractivity contribution is 6.54. The minimum Gasteiger partial charge on any atom is -0.481 e. The molecule has 0 saturated carbocycles. The van der Waals surface area contributed by atoms with Gasteiger partial charge in [0, 0.05) is 23.4 Å². The lowest BCUT2D eigenvalue weighted by Crippen LogP contribution is -2.14. The molecule has 1 aliphatic heterocycles. The van der Waals surface area contributed by atoms with E-state index >= 15 is 0 Å². The Morgan fingerprint density at radius 1 is 0.842 bits per heavy atom. The summed E-state index contributed by atoms with van der Waals surface area (Å²) in [4.78, 5) is 4.17. The van der Waals surface area contributed by atoms with Crippen LogP contribution >= 0.6 is 0 Å². The van der Waals surface area contributed by atoms with Crippen LogP contribution in [0.15, 0.2) is 58.9 Å². The van der Waals surface area contributed by atoms with E-state index in [1.54, 1.807) is 19.4 Å². The molecule has 0 N–H and O–H groups in total. The van der Waals surface area contributed by atoms with Crippen molar-refractivity contribution in [3.05, 3.63) is 59.8 Å². The van der Waals surface area contributed by atoms with Crippen molar-refractivity contribution >= 4 is 11.4 Å². The summed E-state index contributed by atoms with van der Waals surface area (Å²) < 4.78 is 5.04. The molecule has 0 fully saturated rings. The van der Waals surface area contributed by atoms with E-state index < -0.39 is 0 Å². The molecule has 5 heteroatoms. The normalized spacial score (nSPS) is 13.5. The van der Waals surface area contributed by atoms with Crippen LogP contribution in [-0.4, -0.2) is 23.5 Å². The molecule has 1 aromatic heterocycles. The Bertz CT molecular complexity index is 632. The molecule has 0 saturated heterocycles. The van der Waals surface area contributed by atoms with Crippen molar-refractivity contribution in [2.45, 2.75) is 0 Å². The van der Waals surface area contributed by atoms with Crippen LogP contribution in [0.4, 0.5) is 0 Å². The van der Waals surface area contributed by atoms with Crippen LogP contribution in [0.1, 0.15) is 11.1 Å². The summed E-state index contributed by atoms with van der Waals surface area (Å²) in [7, 11) is 1.58. The molecule has 1 aromatic carbocycles. The molecule has 0 unspecified atom stereocenters. The maximum Gasteiger partial charge on any atom is 0.212 e. The molecule has 2 aromatic rings. The zero-order valence-corrected chi connectivity index (χ0v) is 10.3. The third-order valence-electron chi connectivity index (χ3n) is 2.78. The van der Waals surface area contributed by atoms with E-state index in [0.29, 0.717) is 5.88 Å². The van der Waals surface area contributed by atoms with Crippen LogP contribution in [0, 0.1) is 0 Å². The Labute approximate surface area is 110 Å². The van der Waals surface area contributed by atoms with Crippen LogP contribution in [0.5, 0.6) is 5.88 Å². The van der Waals surface area contributed by atoms with Crippen molar-refractivity contribution in [1.82, 2.24) is 10.5 Å². The van der Waals surface area contributed by atoms with Gasteiger partial charge in [-0.15, -0.1) is 10.2 Å². The predicted octanol–water partition coefficient (Wildman–Crippen LogP) is 1.82. The molecule has 0 bridgehead atoms. The van der Waals surface area contributed by atoms with Crippen molar-refractivity contribution < 1.29 is 4.74 Å². The molecule has 5 nitrogen and oxygen atoms in total. The van der Waals surface area contributed by atoms with Crippen LogP contribution < -0.4 is 10.3 Å². The molecule has 19 heavy (non-hydrogen) atoms. The van der Waals surface area contributed by atoms with E-state index in [2.05, 4.69) is 20.7 Å². The predicted molar refractivity (Wildman–Crippen MR) is 72.4 cm³/mol. The van der Waals surface area contributed by atoms with Gasteiger partial charge in [-0.05, 0) is 11.6 Å². The fourth-order valence-corrected chi connectivity index (χ4v) is 1.83. The topological polar surface area (TPSA) is 60.9 Å². The second-order valence-electron chi connectivity index (χ2n) is 3.94. The van der Waals surface area contributed by atoms with Gasteiger partial charge in [0.15, 0.2) is 0 Å². The van der Waals surface area contributed by atoms with E-state index in [4.69, 9.17) is 4.74 Å². The number of nitrogens with zero attached hydrogens (tertiary/aromatic N) is 4. The molecule has 1 aliphatic rings. The summed E-state index contributed by atoms with van der Waals surface area (Å²) in [5.74, 6) is 0.567. The highest BCUT2D eigenvalue weighted by Gasteiger charge is 2.19. The number of ether oxygens (including phenoxy) is 1. The Morgan fingerprint density at radius 2 is 1.58 bits per heavy atom. The summed E-state index contributed by atoms with van der Waals surface area (Å²) in [6.07, 6.45) is 1.71. The molecular formula is C14H11N4O. The molecular weight excluding hydrogens is 240 g/mol. The van der Waals surface area contributed by atoms with E-state index in [1.807, 2.05) is 36.4 Å². The number of aromatic nitrogens is 1. The summed E-state index contributed by atoms with van der Waals surface area (Å²) in [5.41, 5.74) is 7.09. The average Bonchev–Trinajstić information content (AvgIpc) is 2.98. The number of rotatable bonds is 3. The molecule has 0 spiro atoms. The van der Waals surface area contributed by atoms with Gasteiger partial charge in [-0.25, -0.2) is 4.98 Å². The SMILES string of the molecule is COc1ccc(C2=N[N]N=C2c2ccccc2)cn1. The Balaban J connectivity index is 1.94. The van der Waals surface area contributed by atoms with Crippen molar-refractivity contribution in [1.29, 1.82) is 0 Å². The number of pyridine rings is 1. The van der Waals surface area contributed by atoms with Crippen LogP contribution in [0.25, 0.3) is 0 Å². The fraction of sp³-hybridized carbons (Fsp3) is 0.0714. The average molecular weight is 251 g/mol. The number of methoxy groups -OCH3 is 1. The number of hydrogen-bond donors (Lipinski definition) is 0. The van der Waals surface area contributed by atoms with Crippen molar-refractivity contribution in [3.8, 4) is 5.88 Å². The van der Waals surface area contributed by atoms with Crippen LogP contribution in [0.2, 0.25) is 0 Å². The van der Waals surface area contributed by atoms with Gasteiger partial charge in [-0.3, -0.25) is 0 Å². The zero-order chi connectivity index (χ0) is 13.1. The maximum atomic E-state index is 5.04. The lowest BCUT2D eigenvalue weighted by atomic mass is 10.0. The van der Waals surface area contributed by atoms with Gasteiger partial charge in [-0.2, -0.15) is 0 Å². The van der Waals surface area contributed by atoms with E-state index in [9.17, 15) is 0 Å². The first kappa shape index (κ1) is 11.4. The lowest BCUT2D eigenvalue weighted by Gasteiger charge is -2.04. The number of hydrogen-bond acceptors (Lipinski definition) is 4. The van der Waals surface area contributed by atoms with Crippen LogP contribution in [0.3, 0.4) is 0 Å². The summed E-state index contributed by atoms with van der Waals surface area (Å²) in [6, 6.07) is 13.5. The van der Waals surface area contributed by atoms with Gasteiger partial charge in [0.2, 0.25) is 5.88 Å². The monoisotopic (exact) mass is 251 g/mol. The molecule has 3 rings (SSSR count). The first-order valence-corrected chi connectivity index (χ1v) is 5.80. The largest absolute Gasteiger partial charge is 0.481 e. The van der Waals surface area contributed by atoms with E-state index in [1.165, 1.54) is 0 Å². The second-order valence-corrected chi connectivity index (χ2v) is 3.94. The minimum atomic E-state index is 0.567. The van der Waals surface area contributed by atoms with Gasteiger partial charge in [0.05, 0.1) is 7.11 Å². The standard InChI is InChI=1S/C14H11N4O/c1-19-12-8-7-11(9-15-12)14-13(16-18-17-14)10-5-3-2-4-6-10/h2-9H,1H3. The molecule has 1 radical (unpaired) electrons. The maximum absolute atomic E-state index is 5.04. The first-order valence-electron chi connectivity index (χ1n) is 5.80. The van der Waals surface area contributed by atoms with E-state index in [0.717, 1.165) is 22.6 Å². The highest BCUT2D eigenvalue weighted by atomic mass is 16.5. The summed E-state index contributed by atoms with van der Waals surface area (Å²) >= 11 is 0. The van der Waals surface area contributed by atoms with E-state index in [-0.39, 0.29) is 0 Å².